The Morgan fingerprint density at radius 3 is 1.16 bits per heavy atom. The van der Waals surface area contributed by atoms with Crippen LogP contribution in [0.2, 0.25) is 0 Å². The predicted molar refractivity (Wildman–Crippen MR) is 345 cm³/mol. The van der Waals surface area contributed by atoms with Crippen molar-refractivity contribution in [3.8, 4) is 0 Å². The van der Waals surface area contributed by atoms with Gasteiger partial charge in [0, 0.05) is 6.42 Å². The molecule has 0 unspecified atom stereocenters. The van der Waals surface area contributed by atoms with Crippen LogP contribution in [0, 0.1) is 0 Å². The van der Waals surface area contributed by atoms with Crippen LogP contribution in [0.1, 0.15) is 158 Å². The van der Waals surface area contributed by atoms with Crippen molar-refractivity contribution in [2.24, 2.45) is 0 Å². The van der Waals surface area contributed by atoms with E-state index in [2.05, 4.69) is 4.74 Å². The molecule has 7 fully saturated rings. The Balaban J connectivity index is 1.22. The third-order valence-electron chi connectivity index (χ3n) is 20.3. The van der Waals surface area contributed by atoms with Crippen LogP contribution in [0.5, 0.6) is 0 Å². The lowest BCUT2D eigenvalue weighted by Crippen LogP contribution is -2.69. The monoisotopic (exact) mass is 1500 g/mol. The Bertz CT molecular complexity index is 2450. The fourth-order valence-corrected chi connectivity index (χ4v) is 13.9. The van der Waals surface area contributed by atoms with Crippen LogP contribution in [0.4, 0.5) is 0 Å². The van der Waals surface area contributed by atoms with E-state index in [1.54, 1.807) is 0 Å². The van der Waals surface area contributed by atoms with Crippen molar-refractivity contribution in [3.63, 3.8) is 0 Å². The smallest absolute Gasteiger partial charge is 0.308 e. The molecule has 7 rings (SSSR count). The Kier molecular flexibility index (Phi) is 35.5. The topological polar surface area (TPSA) is 546 Å². The van der Waals surface area contributed by atoms with Gasteiger partial charge in [-0.3, -0.25) is 9.59 Å². The molecule has 7 aliphatic heterocycles. The molecule has 0 aromatic rings. The van der Waals surface area contributed by atoms with Gasteiger partial charge in [0.15, 0.2) is 50.1 Å². The van der Waals surface area contributed by atoms with Crippen molar-refractivity contribution < 1.29 is 177 Å². The first-order valence-corrected chi connectivity index (χ1v) is 36.4. The Morgan fingerprint density at radius 1 is 0.340 bits per heavy atom. The molecule has 0 bridgehead atoms. The Hall–Kier alpha value is -2.34. The normalized spacial score (nSPS) is 44.2. The lowest BCUT2D eigenvalue weighted by molar-refractivity contribution is -0.414. The van der Waals surface area contributed by atoms with Crippen molar-refractivity contribution in [2.45, 2.75) is 391 Å². The van der Waals surface area contributed by atoms with E-state index >= 15 is 0 Å². The van der Waals surface area contributed by atoms with Crippen LogP contribution in [0.3, 0.4) is 0 Å². The van der Waals surface area contributed by atoms with E-state index in [1.165, 1.54) is 41.7 Å². The van der Waals surface area contributed by atoms with Gasteiger partial charge in [0.1, 0.15) is 134 Å². The highest BCUT2D eigenvalue weighted by Crippen LogP contribution is 2.40. The number of hydrogen-bond acceptors (Lipinski definition) is 36. The summed E-state index contributed by atoms with van der Waals surface area (Å²) in [5.74, 6) is -1.53. The molecule has 38 atom stereocenters. The molecule has 0 spiro atoms. The molecule has 0 aliphatic carbocycles. The van der Waals surface area contributed by atoms with Crippen molar-refractivity contribution in [3.05, 3.63) is 0 Å². The summed E-state index contributed by atoms with van der Waals surface area (Å²) in [5.41, 5.74) is 0. The first kappa shape index (κ1) is 87.9. The van der Waals surface area contributed by atoms with E-state index in [0.29, 0.717) is 70.6 Å². The SMILES string of the molecule is CCC[C@@H](CCCCCC(=O)O[C@H]1[C@@H](O[C@H]2[C@H](O[C@@H]3[C@@H](O[C@@H](CCC)CCCCCCC[C@H](O)CC(=O)OC)O[C@@H](C)[C@@H](O)[C@H]3O)O[C@H](CO)[C@@H](O)[C@@H]2O)O[C@@H](C)[C@H](O[C@H]2O[C@@H](C)[C@H](O)[C@@H](O)[C@@H]2O)[C@H]1O[C@H]1O[C@@H](CO)[C@H](O)[C@@H](O)[C@@H]1O[C@H]1O[C@@H](C)[C@H](O)[C@@H](O)[C@@H]1O)O[C@H]1O[C@@H](C)[C@H](O)[C@@H](O)[C@@H]1O. The maximum absolute atomic E-state index is 14.8. The van der Waals surface area contributed by atoms with Gasteiger partial charge in [0.25, 0.3) is 0 Å². The van der Waals surface area contributed by atoms with Gasteiger partial charge < -0.3 is 168 Å². The molecule has 0 aromatic carbocycles. The number of esters is 2. The molecule has 0 aromatic heterocycles. The minimum Gasteiger partial charge on any atom is -0.469 e. The maximum Gasteiger partial charge on any atom is 0.308 e. The van der Waals surface area contributed by atoms with Gasteiger partial charge in [-0.25, -0.2) is 0 Å². The molecule has 7 aliphatic rings. The van der Waals surface area contributed by atoms with E-state index < -0.39 is 265 Å². The minimum absolute atomic E-state index is 0.0982. The van der Waals surface area contributed by atoms with Crippen LogP contribution >= 0.6 is 0 Å². The van der Waals surface area contributed by atoms with Crippen LogP contribution < -0.4 is 0 Å². The van der Waals surface area contributed by atoms with Gasteiger partial charge in [-0.2, -0.15) is 0 Å². The summed E-state index contributed by atoms with van der Waals surface area (Å²) in [6, 6.07) is 0. The lowest BCUT2D eigenvalue weighted by Gasteiger charge is -2.51. The molecule has 0 saturated carbocycles. The number of methoxy groups -OCH3 is 1. The number of rotatable bonds is 37. The number of ether oxygens (including phenoxy) is 16. The van der Waals surface area contributed by atoms with Gasteiger partial charge in [0.2, 0.25) is 0 Å². The summed E-state index contributed by atoms with van der Waals surface area (Å²) in [4.78, 5) is 26.4. The zero-order chi connectivity index (χ0) is 75.8. The second kappa shape index (κ2) is 41.6. The zero-order valence-electron chi connectivity index (χ0n) is 59.8. The second-order valence-electron chi connectivity index (χ2n) is 28.3. The molecular weight excluding hydrogens is 1380 g/mol. The highest BCUT2D eigenvalue weighted by molar-refractivity contribution is 5.70. The van der Waals surface area contributed by atoms with E-state index in [9.17, 15) is 102 Å². The third-order valence-corrected chi connectivity index (χ3v) is 20.3. The van der Waals surface area contributed by atoms with Crippen LogP contribution in [0.15, 0.2) is 0 Å². The summed E-state index contributed by atoms with van der Waals surface area (Å²) in [5, 5.41) is 199. The van der Waals surface area contributed by atoms with E-state index in [-0.39, 0.29) is 12.8 Å². The number of unbranched alkanes of at least 4 members (excludes halogenated alkanes) is 6. The minimum atomic E-state index is -2.17. The van der Waals surface area contributed by atoms with Crippen molar-refractivity contribution in [1.82, 2.24) is 0 Å². The number of aliphatic hydroxyl groups is 18. The van der Waals surface area contributed by atoms with Crippen LogP contribution in [-0.2, 0) is 85.4 Å². The summed E-state index contributed by atoms with van der Waals surface area (Å²) >= 11 is 0. The maximum atomic E-state index is 14.8. The van der Waals surface area contributed by atoms with Gasteiger partial charge in [-0.1, -0.05) is 71.6 Å². The number of hydrogen-bond donors (Lipinski definition) is 18. The third kappa shape index (κ3) is 22.9. The molecule has 103 heavy (non-hydrogen) atoms. The van der Waals surface area contributed by atoms with E-state index in [4.69, 9.17) is 71.1 Å². The number of carbonyl (C=O) groups is 2. The van der Waals surface area contributed by atoms with Gasteiger partial charge in [-0.15, -0.1) is 0 Å². The molecule has 0 radical (unpaired) electrons. The standard InChI is InChI=1S/C67H118O36/c1-9-19-34(94-61-52(85)46(79)40(73)28(3)89-61)23-17-14-18-24-38(71)98-60-59(103-66-57(50(83)44(77)37(27-69)97-66)100-63-54(87)48(81)42(75)30(5)91-63)55(99-62-53(86)47(80)41(74)29(4)90-62)32(7)93-67(60)102-58-51(84)45(78)36(26-68)96-65(58)101-56-49(82)43(76)31(6)92-64(56)95-35(20-10-2)22-16-13-11-12-15-21-33(70)25-39(72)88-8/h28-37,40-70,73-87H,9-27H2,1-8H3/t28-,29-,30-,31-,32-,33-,34-,35-,36+,37-,40-,41-,42-,43+,44-,45+,46+,47+,48+,49+,50+,51-,52-,53-,54-,55-,56-,57-,58+,59+,60+,61+,62+,63+,64+,65-,66+,67+/m0/s1. The van der Waals surface area contributed by atoms with E-state index in [1.807, 2.05) is 13.8 Å². The van der Waals surface area contributed by atoms with Crippen LogP contribution in [0.25, 0.3) is 0 Å². The molecular formula is C67H118O36. The average molecular weight is 1500 g/mol. The van der Waals surface area contributed by atoms with Crippen LogP contribution in [-0.4, -0.2) is 357 Å². The fourth-order valence-electron chi connectivity index (χ4n) is 13.9. The van der Waals surface area contributed by atoms with Gasteiger partial charge >= 0.3 is 11.9 Å². The Labute approximate surface area is 598 Å². The summed E-state index contributed by atoms with van der Waals surface area (Å²) in [6.07, 6.45) is -55.8. The highest BCUT2D eigenvalue weighted by atomic mass is 16.8. The molecule has 7 saturated heterocycles. The molecule has 7 heterocycles. The molecule has 602 valence electrons. The van der Waals surface area contributed by atoms with Gasteiger partial charge in [-0.05, 0) is 73.1 Å². The van der Waals surface area contributed by atoms with Crippen molar-refractivity contribution in [2.75, 3.05) is 20.3 Å². The summed E-state index contributed by atoms with van der Waals surface area (Å²) < 4.78 is 98.2. The fraction of sp³-hybridized carbons (Fsp3) is 0.970. The quantitative estimate of drug-likeness (QED) is 0.0205. The summed E-state index contributed by atoms with van der Waals surface area (Å²) in [6.45, 7) is 8.90. The largest absolute Gasteiger partial charge is 0.469 e. The second-order valence-corrected chi connectivity index (χ2v) is 28.3. The zero-order valence-corrected chi connectivity index (χ0v) is 59.8. The first-order valence-electron chi connectivity index (χ1n) is 36.4. The Morgan fingerprint density at radius 2 is 0.689 bits per heavy atom. The molecule has 36 heteroatoms. The lowest BCUT2D eigenvalue weighted by atomic mass is 9.95. The van der Waals surface area contributed by atoms with Gasteiger partial charge in [0.05, 0.1) is 75.6 Å². The first-order chi connectivity index (χ1) is 48.9. The summed E-state index contributed by atoms with van der Waals surface area (Å²) in [7, 11) is 1.25. The average Bonchev–Trinajstić information content (AvgIpc) is 0.763. The predicted octanol–water partition coefficient (Wildman–Crippen LogP) is -4.63. The van der Waals surface area contributed by atoms with Crippen molar-refractivity contribution >= 4 is 11.9 Å². The van der Waals surface area contributed by atoms with E-state index in [0.717, 1.165) is 19.3 Å². The number of carbonyl (C=O) groups excluding carboxylic acids is 2. The van der Waals surface area contributed by atoms with Crippen molar-refractivity contribution in [1.29, 1.82) is 0 Å². The highest BCUT2D eigenvalue weighted by Gasteiger charge is 2.60. The molecule has 36 nitrogen and oxygen atoms in total. The number of aliphatic hydroxyl groups excluding tert-OH is 18. The molecule has 0 amide bonds. The molecule has 18 N–H and O–H groups in total.